The Bertz CT molecular complexity index is 423. The Morgan fingerprint density at radius 2 is 2.00 bits per heavy atom. The van der Waals surface area contributed by atoms with Crippen LogP contribution in [0.15, 0.2) is 18.2 Å². The van der Waals surface area contributed by atoms with Gasteiger partial charge >= 0.3 is 5.97 Å². The highest BCUT2D eigenvalue weighted by Gasteiger charge is 2.13. The molecule has 0 aliphatic carbocycles. The zero-order valence-electron chi connectivity index (χ0n) is 10.7. The number of carboxylic acids is 1. The summed E-state index contributed by atoms with van der Waals surface area (Å²) in [4.78, 5) is 10.9. The van der Waals surface area contributed by atoms with E-state index in [4.69, 9.17) is 14.6 Å². The maximum absolute atomic E-state index is 12.9. The van der Waals surface area contributed by atoms with Crippen LogP contribution in [-0.2, 0) is 4.74 Å². The normalized spacial score (nSPS) is 11.3. The molecule has 18 heavy (non-hydrogen) atoms. The summed E-state index contributed by atoms with van der Waals surface area (Å²) in [6.45, 7) is 6.28. The van der Waals surface area contributed by atoms with E-state index in [2.05, 4.69) is 0 Å². The van der Waals surface area contributed by atoms with Crippen molar-refractivity contribution in [3.05, 3.63) is 29.6 Å². The smallest absolute Gasteiger partial charge is 0.339 e. The van der Waals surface area contributed by atoms with E-state index >= 15 is 0 Å². The summed E-state index contributed by atoms with van der Waals surface area (Å²) < 4.78 is 23.6. The predicted octanol–water partition coefficient (Wildman–Crippen LogP) is 2.72. The first-order valence-electron chi connectivity index (χ1n) is 5.59. The van der Waals surface area contributed by atoms with E-state index < -0.39 is 11.8 Å². The van der Waals surface area contributed by atoms with Gasteiger partial charge in [-0.05, 0) is 39.0 Å². The molecule has 4 nitrogen and oxygen atoms in total. The number of carbonyl (C=O) groups is 1. The van der Waals surface area contributed by atoms with Crippen LogP contribution in [0.3, 0.4) is 0 Å². The van der Waals surface area contributed by atoms with Crippen molar-refractivity contribution in [3.8, 4) is 5.75 Å². The molecule has 0 heterocycles. The number of halogens is 1. The number of rotatable bonds is 5. The lowest BCUT2D eigenvalue weighted by Crippen LogP contribution is -2.22. The summed E-state index contributed by atoms with van der Waals surface area (Å²) in [5, 5.41) is 8.90. The minimum Gasteiger partial charge on any atom is -0.490 e. The Hall–Kier alpha value is -1.62. The lowest BCUT2D eigenvalue weighted by atomic mass is 10.2. The third-order valence-electron chi connectivity index (χ3n) is 2.05. The molecule has 0 spiro atoms. The van der Waals surface area contributed by atoms with Crippen molar-refractivity contribution in [3.63, 3.8) is 0 Å². The van der Waals surface area contributed by atoms with Crippen molar-refractivity contribution < 1.29 is 23.8 Å². The summed E-state index contributed by atoms with van der Waals surface area (Å²) >= 11 is 0. The van der Waals surface area contributed by atoms with Crippen LogP contribution in [0, 0.1) is 5.82 Å². The fourth-order valence-corrected chi connectivity index (χ4v) is 1.29. The largest absolute Gasteiger partial charge is 0.490 e. The zero-order chi connectivity index (χ0) is 13.8. The summed E-state index contributed by atoms with van der Waals surface area (Å²) in [5.41, 5.74) is -0.465. The highest BCUT2D eigenvalue weighted by molar-refractivity contribution is 5.90. The number of ether oxygens (including phenoxy) is 2. The van der Waals surface area contributed by atoms with Crippen molar-refractivity contribution in [1.29, 1.82) is 0 Å². The van der Waals surface area contributed by atoms with E-state index in [1.807, 2.05) is 20.8 Å². The predicted molar refractivity (Wildman–Crippen MR) is 64.6 cm³/mol. The van der Waals surface area contributed by atoms with E-state index in [0.29, 0.717) is 6.61 Å². The molecule has 100 valence electrons. The first kappa shape index (κ1) is 14.4. The lowest BCUT2D eigenvalue weighted by molar-refractivity contribution is -0.0164. The van der Waals surface area contributed by atoms with Gasteiger partial charge in [0.15, 0.2) is 0 Å². The first-order valence-corrected chi connectivity index (χ1v) is 5.59. The molecule has 0 aromatic heterocycles. The Morgan fingerprint density at radius 3 is 2.56 bits per heavy atom. The zero-order valence-corrected chi connectivity index (χ0v) is 10.7. The van der Waals surface area contributed by atoms with Crippen molar-refractivity contribution in [2.24, 2.45) is 0 Å². The van der Waals surface area contributed by atoms with E-state index in [9.17, 15) is 9.18 Å². The van der Waals surface area contributed by atoms with Gasteiger partial charge in [0.05, 0.1) is 12.2 Å². The highest BCUT2D eigenvalue weighted by Crippen LogP contribution is 2.19. The lowest BCUT2D eigenvalue weighted by Gasteiger charge is -2.19. The molecule has 0 bridgehead atoms. The van der Waals surface area contributed by atoms with Crippen molar-refractivity contribution in [2.45, 2.75) is 26.4 Å². The number of benzene rings is 1. The maximum atomic E-state index is 12.9. The van der Waals surface area contributed by atoms with E-state index in [-0.39, 0.29) is 23.5 Å². The van der Waals surface area contributed by atoms with E-state index in [1.165, 1.54) is 6.07 Å². The SMILES string of the molecule is CC(C)(C)OCCOc1ccc(F)cc1C(=O)O. The second-order valence-corrected chi connectivity index (χ2v) is 4.75. The standard InChI is InChI=1S/C13H17FO4/c1-13(2,3)18-7-6-17-11-5-4-9(14)8-10(11)12(15)16/h4-5,8H,6-7H2,1-3H3,(H,15,16). The highest BCUT2D eigenvalue weighted by atomic mass is 19.1. The van der Waals surface area contributed by atoms with Gasteiger partial charge in [0.2, 0.25) is 0 Å². The Labute approximate surface area is 105 Å². The van der Waals surface area contributed by atoms with Crippen molar-refractivity contribution in [1.82, 2.24) is 0 Å². The molecule has 0 amide bonds. The molecule has 1 aromatic carbocycles. The van der Waals surface area contributed by atoms with Gasteiger partial charge in [0.25, 0.3) is 0 Å². The molecule has 0 aliphatic heterocycles. The molecular formula is C13H17FO4. The Balaban J connectivity index is 2.59. The van der Waals surface area contributed by atoms with Crippen molar-refractivity contribution in [2.75, 3.05) is 13.2 Å². The van der Waals surface area contributed by atoms with Crippen LogP contribution in [0.2, 0.25) is 0 Å². The quantitative estimate of drug-likeness (QED) is 0.823. The van der Waals surface area contributed by atoms with E-state index in [0.717, 1.165) is 12.1 Å². The van der Waals surface area contributed by atoms with Gasteiger partial charge in [-0.1, -0.05) is 0 Å². The molecule has 1 N–H and O–H groups in total. The first-order chi connectivity index (χ1) is 8.29. The molecule has 1 rings (SSSR count). The average Bonchev–Trinajstić information content (AvgIpc) is 2.24. The molecule has 0 saturated carbocycles. The van der Waals surface area contributed by atoms with Crippen LogP contribution in [0.25, 0.3) is 0 Å². The van der Waals surface area contributed by atoms with E-state index in [1.54, 1.807) is 0 Å². The van der Waals surface area contributed by atoms with Crippen LogP contribution in [-0.4, -0.2) is 29.9 Å². The third kappa shape index (κ3) is 4.71. The fraction of sp³-hybridized carbons (Fsp3) is 0.462. The molecule has 0 fully saturated rings. The minimum absolute atomic E-state index is 0.140. The van der Waals surface area contributed by atoms with Crippen molar-refractivity contribution >= 4 is 5.97 Å². The molecular weight excluding hydrogens is 239 g/mol. The third-order valence-corrected chi connectivity index (χ3v) is 2.05. The second kappa shape index (κ2) is 5.82. The van der Waals surface area contributed by atoms with Gasteiger partial charge in [0.1, 0.15) is 23.7 Å². The van der Waals surface area contributed by atoms with Gasteiger partial charge in [0, 0.05) is 0 Å². The molecule has 0 unspecified atom stereocenters. The number of aromatic carboxylic acids is 1. The number of hydrogen-bond acceptors (Lipinski definition) is 3. The topological polar surface area (TPSA) is 55.8 Å². The minimum atomic E-state index is -1.22. The van der Waals surface area contributed by atoms with Gasteiger partial charge in [-0.3, -0.25) is 0 Å². The molecule has 0 aliphatic rings. The summed E-state index contributed by atoms with van der Waals surface area (Å²) in [5.74, 6) is -1.69. The Morgan fingerprint density at radius 1 is 1.33 bits per heavy atom. The van der Waals surface area contributed by atoms with Gasteiger partial charge in [-0.25, -0.2) is 9.18 Å². The summed E-state index contributed by atoms with van der Waals surface area (Å²) in [7, 11) is 0. The average molecular weight is 256 g/mol. The molecule has 0 radical (unpaired) electrons. The maximum Gasteiger partial charge on any atom is 0.339 e. The van der Waals surface area contributed by atoms with Crippen LogP contribution < -0.4 is 4.74 Å². The number of hydrogen-bond donors (Lipinski definition) is 1. The van der Waals surface area contributed by atoms with Gasteiger partial charge in [-0.2, -0.15) is 0 Å². The molecule has 5 heteroatoms. The van der Waals surface area contributed by atoms with Crippen LogP contribution >= 0.6 is 0 Å². The van der Waals surface area contributed by atoms with Crippen LogP contribution in [0.4, 0.5) is 4.39 Å². The second-order valence-electron chi connectivity index (χ2n) is 4.75. The fourth-order valence-electron chi connectivity index (χ4n) is 1.29. The number of carboxylic acid groups (broad SMARTS) is 1. The van der Waals surface area contributed by atoms with Gasteiger partial charge < -0.3 is 14.6 Å². The van der Waals surface area contributed by atoms with Crippen LogP contribution in [0.5, 0.6) is 5.75 Å². The summed E-state index contributed by atoms with van der Waals surface area (Å²) in [6, 6.07) is 3.39. The molecule has 1 aromatic rings. The summed E-state index contributed by atoms with van der Waals surface area (Å²) in [6.07, 6.45) is 0. The van der Waals surface area contributed by atoms with Gasteiger partial charge in [-0.15, -0.1) is 0 Å². The monoisotopic (exact) mass is 256 g/mol. The van der Waals surface area contributed by atoms with Crippen LogP contribution in [0.1, 0.15) is 31.1 Å². The Kier molecular flexibility index (Phi) is 4.67. The molecule has 0 saturated heterocycles. The molecule has 0 atom stereocenters.